The summed E-state index contributed by atoms with van der Waals surface area (Å²) in [6, 6.07) is 13.2. The largest absolute Gasteiger partial charge is 0.494 e. The van der Waals surface area contributed by atoms with Gasteiger partial charge in [0.2, 0.25) is 0 Å². The fourth-order valence-corrected chi connectivity index (χ4v) is 3.25. The molecule has 0 fully saturated rings. The Bertz CT molecular complexity index is 1050. The maximum Gasteiger partial charge on any atom is 0.274 e. The molecular formula is C22H25N3O3. The number of fused-ring (bicyclic) bond motifs is 1. The number of benzene rings is 2. The van der Waals surface area contributed by atoms with E-state index in [1.807, 2.05) is 26.0 Å². The Hall–Kier alpha value is -3.15. The van der Waals surface area contributed by atoms with Crippen LogP contribution in [0.3, 0.4) is 0 Å². The monoisotopic (exact) mass is 379 g/mol. The molecule has 1 aromatic heterocycles. The van der Waals surface area contributed by atoms with E-state index in [0.717, 1.165) is 16.9 Å². The summed E-state index contributed by atoms with van der Waals surface area (Å²) in [5.41, 5.74) is 2.40. The molecule has 6 nitrogen and oxygen atoms in total. The molecule has 0 radical (unpaired) electrons. The average Bonchev–Trinajstić information content (AvgIpc) is 2.66. The van der Waals surface area contributed by atoms with Crippen LogP contribution in [0.15, 0.2) is 47.3 Å². The van der Waals surface area contributed by atoms with Gasteiger partial charge in [-0.25, -0.2) is 4.68 Å². The van der Waals surface area contributed by atoms with Crippen LogP contribution in [0.2, 0.25) is 0 Å². The first-order valence-electron chi connectivity index (χ1n) is 9.29. The first kappa shape index (κ1) is 19.6. The van der Waals surface area contributed by atoms with Crippen LogP contribution in [0.5, 0.6) is 5.75 Å². The molecule has 1 heterocycles. The Balaban J connectivity index is 1.66. The number of hydrogen-bond donors (Lipinski definition) is 0. The van der Waals surface area contributed by atoms with Gasteiger partial charge in [0.15, 0.2) is 5.69 Å². The van der Waals surface area contributed by atoms with Crippen LogP contribution in [0.4, 0.5) is 0 Å². The van der Waals surface area contributed by atoms with Gasteiger partial charge >= 0.3 is 0 Å². The fraction of sp³-hybridized carbons (Fsp3) is 0.318. The lowest BCUT2D eigenvalue weighted by Gasteiger charge is -2.18. The molecule has 6 heteroatoms. The molecule has 3 aromatic rings. The molecule has 2 aromatic carbocycles. The number of hydrogen-bond acceptors (Lipinski definition) is 4. The van der Waals surface area contributed by atoms with Gasteiger partial charge in [0.1, 0.15) is 5.75 Å². The minimum atomic E-state index is -0.211. The van der Waals surface area contributed by atoms with Crippen molar-refractivity contribution in [2.45, 2.75) is 20.3 Å². The second kappa shape index (κ2) is 8.25. The van der Waals surface area contributed by atoms with Gasteiger partial charge in [0.05, 0.1) is 12.0 Å². The maximum absolute atomic E-state index is 12.9. The third kappa shape index (κ3) is 4.22. The van der Waals surface area contributed by atoms with Crippen molar-refractivity contribution < 1.29 is 9.53 Å². The molecule has 146 valence electrons. The van der Waals surface area contributed by atoms with Crippen LogP contribution in [-0.2, 0) is 7.05 Å². The molecule has 0 spiro atoms. The molecule has 0 atom stereocenters. The Kier molecular flexibility index (Phi) is 5.78. The van der Waals surface area contributed by atoms with Crippen molar-refractivity contribution in [2.24, 2.45) is 7.05 Å². The molecule has 0 N–H and O–H groups in total. The highest BCUT2D eigenvalue weighted by Gasteiger charge is 2.18. The third-order valence-electron chi connectivity index (χ3n) is 4.61. The van der Waals surface area contributed by atoms with Crippen molar-refractivity contribution in [1.82, 2.24) is 14.7 Å². The van der Waals surface area contributed by atoms with Gasteiger partial charge in [0.25, 0.3) is 11.5 Å². The van der Waals surface area contributed by atoms with Crippen LogP contribution >= 0.6 is 0 Å². The maximum atomic E-state index is 12.9. The van der Waals surface area contributed by atoms with Crippen molar-refractivity contribution in [1.29, 1.82) is 0 Å². The lowest BCUT2D eigenvalue weighted by molar-refractivity contribution is 0.0782. The molecule has 0 unspecified atom stereocenters. The van der Waals surface area contributed by atoms with Crippen molar-refractivity contribution in [3.8, 4) is 5.75 Å². The van der Waals surface area contributed by atoms with Crippen molar-refractivity contribution in [3.63, 3.8) is 0 Å². The SMILES string of the molecule is Cc1cc(C)cc(OCCCN(C)C(=O)c2nn(C)c(=O)c3ccccc23)c1. The number of rotatable bonds is 6. The Morgan fingerprint density at radius 2 is 1.75 bits per heavy atom. The van der Waals surface area contributed by atoms with E-state index < -0.39 is 0 Å². The molecule has 3 rings (SSSR count). The first-order valence-corrected chi connectivity index (χ1v) is 9.29. The number of nitrogens with zero attached hydrogens (tertiary/aromatic N) is 3. The highest BCUT2D eigenvalue weighted by atomic mass is 16.5. The summed E-state index contributed by atoms with van der Waals surface area (Å²) in [7, 11) is 3.30. The molecule has 0 aliphatic heterocycles. The van der Waals surface area contributed by atoms with E-state index in [9.17, 15) is 9.59 Å². The summed E-state index contributed by atoms with van der Waals surface area (Å²) in [5.74, 6) is 0.635. The van der Waals surface area contributed by atoms with Crippen molar-refractivity contribution in [3.05, 3.63) is 69.6 Å². The van der Waals surface area contributed by atoms with E-state index in [2.05, 4.69) is 11.2 Å². The zero-order chi connectivity index (χ0) is 20.3. The molecule has 1 amide bonds. The number of carbonyl (C=O) groups excluding carboxylic acids is 1. The topological polar surface area (TPSA) is 64.4 Å². The number of aryl methyl sites for hydroxylation is 3. The van der Waals surface area contributed by atoms with E-state index >= 15 is 0 Å². The zero-order valence-corrected chi connectivity index (χ0v) is 16.7. The van der Waals surface area contributed by atoms with Crippen LogP contribution in [0, 0.1) is 13.8 Å². The van der Waals surface area contributed by atoms with Gasteiger partial charge in [-0.1, -0.05) is 24.3 Å². The molecule has 0 aliphatic rings. The highest BCUT2D eigenvalue weighted by molar-refractivity contribution is 6.04. The Morgan fingerprint density at radius 1 is 1.11 bits per heavy atom. The van der Waals surface area contributed by atoms with E-state index in [0.29, 0.717) is 30.3 Å². The molecule has 0 bridgehead atoms. The summed E-state index contributed by atoms with van der Waals surface area (Å²) in [6.45, 7) is 5.12. The average molecular weight is 379 g/mol. The second-order valence-electron chi connectivity index (χ2n) is 7.08. The van der Waals surface area contributed by atoms with E-state index in [1.165, 1.54) is 4.68 Å². The van der Waals surface area contributed by atoms with E-state index in [1.54, 1.807) is 43.3 Å². The summed E-state index contributed by atoms with van der Waals surface area (Å²) in [4.78, 5) is 26.7. The Labute approximate surface area is 164 Å². The lowest BCUT2D eigenvalue weighted by Crippen LogP contribution is -2.32. The minimum Gasteiger partial charge on any atom is -0.494 e. The van der Waals surface area contributed by atoms with Crippen molar-refractivity contribution >= 4 is 16.7 Å². The predicted molar refractivity (Wildman–Crippen MR) is 110 cm³/mol. The van der Waals surface area contributed by atoms with Crippen LogP contribution in [0.1, 0.15) is 28.0 Å². The summed E-state index contributed by atoms with van der Waals surface area (Å²) in [6.07, 6.45) is 0.693. The summed E-state index contributed by atoms with van der Waals surface area (Å²) in [5, 5.41) is 5.27. The standard InChI is InChI=1S/C22H25N3O3/c1-15-12-16(2)14-17(13-15)28-11-7-10-24(3)22(27)20-18-8-5-6-9-19(18)21(26)25(4)23-20/h5-6,8-9,12-14H,7,10-11H2,1-4H3. The fourth-order valence-electron chi connectivity index (χ4n) is 3.25. The quantitative estimate of drug-likeness (QED) is 0.618. The van der Waals surface area contributed by atoms with Gasteiger partial charge in [-0.3, -0.25) is 9.59 Å². The van der Waals surface area contributed by atoms with Crippen LogP contribution in [0.25, 0.3) is 10.8 Å². The predicted octanol–water partition coefficient (Wildman–Crippen LogP) is 3.09. The zero-order valence-electron chi connectivity index (χ0n) is 16.7. The van der Waals surface area contributed by atoms with E-state index in [4.69, 9.17) is 4.74 Å². The normalized spacial score (nSPS) is 10.9. The van der Waals surface area contributed by atoms with Gasteiger partial charge in [-0.05, 0) is 49.6 Å². The summed E-state index contributed by atoms with van der Waals surface area (Å²) >= 11 is 0. The molecule has 0 saturated carbocycles. The van der Waals surface area contributed by atoms with Gasteiger partial charge in [-0.2, -0.15) is 5.10 Å². The van der Waals surface area contributed by atoms with Crippen molar-refractivity contribution in [2.75, 3.05) is 20.2 Å². The summed E-state index contributed by atoms with van der Waals surface area (Å²) < 4.78 is 7.02. The highest BCUT2D eigenvalue weighted by Crippen LogP contribution is 2.17. The van der Waals surface area contributed by atoms with Gasteiger partial charge in [-0.15, -0.1) is 0 Å². The second-order valence-corrected chi connectivity index (χ2v) is 7.08. The number of carbonyl (C=O) groups is 1. The van der Waals surface area contributed by atoms with Crippen LogP contribution < -0.4 is 10.3 Å². The molecule has 0 aliphatic carbocycles. The lowest BCUT2D eigenvalue weighted by atomic mass is 10.1. The molecular weight excluding hydrogens is 354 g/mol. The smallest absolute Gasteiger partial charge is 0.274 e. The van der Waals surface area contributed by atoms with Crippen LogP contribution in [-0.4, -0.2) is 40.8 Å². The molecule has 0 saturated heterocycles. The molecule has 28 heavy (non-hydrogen) atoms. The van der Waals surface area contributed by atoms with E-state index in [-0.39, 0.29) is 17.2 Å². The third-order valence-corrected chi connectivity index (χ3v) is 4.61. The number of ether oxygens (including phenoxy) is 1. The Morgan fingerprint density at radius 3 is 2.43 bits per heavy atom. The minimum absolute atomic E-state index is 0.210. The van der Waals surface area contributed by atoms with Gasteiger partial charge in [0, 0.05) is 26.0 Å². The number of amides is 1. The number of aromatic nitrogens is 2. The van der Waals surface area contributed by atoms with Gasteiger partial charge < -0.3 is 9.64 Å². The first-order chi connectivity index (χ1) is 13.4.